The monoisotopic (exact) mass is 289 g/mol. The minimum atomic E-state index is 0.158. The quantitative estimate of drug-likeness (QED) is 0.372. The number of rotatable bonds is 3. The van der Waals surface area contributed by atoms with Crippen molar-refractivity contribution >= 4 is 11.7 Å². The van der Waals surface area contributed by atoms with E-state index in [9.17, 15) is 0 Å². The van der Waals surface area contributed by atoms with Crippen LogP contribution in [0.3, 0.4) is 0 Å². The highest BCUT2D eigenvalue weighted by Crippen LogP contribution is 2.28. The van der Waals surface area contributed by atoms with E-state index in [-0.39, 0.29) is 5.84 Å². The van der Waals surface area contributed by atoms with Crippen LogP contribution in [0.5, 0.6) is 0 Å². The van der Waals surface area contributed by atoms with Gasteiger partial charge in [0.2, 0.25) is 0 Å². The van der Waals surface area contributed by atoms with E-state index in [0.29, 0.717) is 0 Å². The first-order chi connectivity index (χ1) is 10.2. The van der Waals surface area contributed by atoms with Gasteiger partial charge in [-0.25, -0.2) is 4.98 Å². The molecule has 6 heteroatoms. The second-order valence-corrected chi connectivity index (χ2v) is 5.73. The predicted molar refractivity (Wildman–Crippen MR) is 83.1 cm³/mol. The molecule has 0 atom stereocenters. The molecule has 114 valence electrons. The first-order valence-corrected chi connectivity index (χ1v) is 7.71. The highest BCUT2D eigenvalue weighted by atomic mass is 16.4. The lowest BCUT2D eigenvalue weighted by Gasteiger charge is -2.35. The lowest BCUT2D eigenvalue weighted by Crippen LogP contribution is -2.47. The number of nitrogens with zero attached hydrogens (tertiary/aromatic N) is 4. The number of amidine groups is 1. The summed E-state index contributed by atoms with van der Waals surface area (Å²) in [7, 11) is 0. The minimum Gasteiger partial charge on any atom is -0.409 e. The number of likely N-dealkylation sites (N-methyl/N-ethyl adjacent to an activating group) is 1. The van der Waals surface area contributed by atoms with E-state index in [0.717, 1.165) is 63.4 Å². The molecule has 1 aromatic heterocycles. The molecule has 21 heavy (non-hydrogen) atoms. The maximum atomic E-state index is 9.05. The normalized spacial score (nSPS) is 19.9. The Balaban J connectivity index is 1.93. The molecule has 0 radical (unpaired) electrons. The Morgan fingerprint density at radius 1 is 1.33 bits per heavy atom. The molecule has 2 aliphatic rings. The molecule has 1 saturated heterocycles. The van der Waals surface area contributed by atoms with Gasteiger partial charge in [0.05, 0.1) is 5.56 Å². The maximum Gasteiger partial charge on any atom is 0.173 e. The van der Waals surface area contributed by atoms with Gasteiger partial charge < -0.3 is 20.7 Å². The van der Waals surface area contributed by atoms with Crippen LogP contribution in [0.15, 0.2) is 11.2 Å². The first kappa shape index (κ1) is 14.1. The van der Waals surface area contributed by atoms with Crippen LogP contribution >= 0.6 is 0 Å². The Hall–Kier alpha value is -1.82. The van der Waals surface area contributed by atoms with Crippen LogP contribution in [-0.4, -0.2) is 53.7 Å². The average Bonchev–Trinajstić information content (AvgIpc) is 3.00. The second-order valence-electron chi connectivity index (χ2n) is 5.73. The van der Waals surface area contributed by atoms with Crippen LogP contribution in [0.25, 0.3) is 0 Å². The smallest absolute Gasteiger partial charge is 0.173 e. The van der Waals surface area contributed by atoms with Crippen molar-refractivity contribution in [2.24, 2.45) is 10.9 Å². The standard InChI is InChI=1S/C15H23N5O/c1-2-19-6-8-20(9-7-19)15-12(14(16)18-21)10-11-4-3-5-13(11)17-15/h10,21H,2-9H2,1H3,(H2,16,18). The van der Waals surface area contributed by atoms with Gasteiger partial charge in [-0.3, -0.25) is 0 Å². The summed E-state index contributed by atoms with van der Waals surface area (Å²) in [6.07, 6.45) is 3.22. The molecule has 0 spiro atoms. The van der Waals surface area contributed by atoms with Crippen LogP contribution in [0.1, 0.15) is 30.2 Å². The first-order valence-electron chi connectivity index (χ1n) is 7.71. The third kappa shape index (κ3) is 2.68. The van der Waals surface area contributed by atoms with Gasteiger partial charge in [-0.2, -0.15) is 0 Å². The topological polar surface area (TPSA) is 78.0 Å². The number of piperazine rings is 1. The molecule has 0 unspecified atom stereocenters. The number of oxime groups is 1. The van der Waals surface area contributed by atoms with Crippen LogP contribution < -0.4 is 10.6 Å². The van der Waals surface area contributed by atoms with E-state index in [2.05, 4.69) is 27.9 Å². The van der Waals surface area contributed by atoms with Crippen molar-refractivity contribution < 1.29 is 5.21 Å². The van der Waals surface area contributed by atoms with Crippen molar-refractivity contribution in [1.82, 2.24) is 9.88 Å². The van der Waals surface area contributed by atoms with Gasteiger partial charge in [-0.15, -0.1) is 0 Å². The molecule has 0 saturated carbocycles. The Bertz CT molecular complexity index is 549. The number of pyridine rings is 1. The molecule has 1 aliphatic heterocycles. The third-order valence-electron chi connectivity index (χ3n) is 4.53. The van der Waals surface area contributed by atoms with E-state index in [4.69, 9.17) is 15.9 Å². The molecule has 0 bridgehead atoms. The molecule has 1 aliphatic carbocycles. The lowest BCUT2D eigenvalue weighted by atomic mass is 10.1. The maximum absolute atomic E-state index is 9.05. The van der Waals surface area contributed by atoms with E-state index in [1.807, 2.05) is 0 Å². The molecular formula is C15H23N5O. The SMILES string of the molecule is CCN1CCN(c2nc3c(cc2C(N)=NO)CCC3)CC1. The van der Waals surface area contributed by atoms with Gasteiger partial charge in [-0.1, -0.05) is 12.1 Å². The van der Waals surface area contributed by atoms with Crippen LogP contribution in [0.4, 0.5) is 5.82 Å². The molecule has 6 nitrogen and oxygen atoms in total. The fourth-order valence-electron chi connectivity index (χ4n) is 3.22. The minimum absolute atomic E-state index is 0.158. The van der Waals surface area contributed by atoms with Gasteiger partial charge in [0.15, 0.2) is 5.84 Å². The number of hydrogen-bond donors (Lipinski definition) is 2. The summed E-state index contributed by atoms with van der Waals surface area (Å²) in [5.41, 5.74) is 9.06. The number of aryl methyl sites for hydroxylation is 2. The summed E-state index contributed by atoms with van der Waals surface area (Å²) in [5.74, 6) is 1.03. The number of fused-ring (bicyclic) bond motifs is 1. The summed E-state index contributed by atoms with van der Waals surface area (Å²) in [5, 5.41) is 12.2. The van der Waals surface area contributed by atoms with Crippen LogP contribution in [-0.2, 0) is 12.8 Å². The Morgan fingerprint density at radius 3 is 2.76 bits per heavy atom. The van der Waals surface area contributed by atoms with Crippen molar-refractivity contribution in [3.63, 3.8) is 0 Å². The van der Waals surface area contributed by atoms with Gasteiger partial charge in [0.1, 0.15) is 5.82 Å². The molecule has 1 fully saturated rings. The largest absolute Gasteiger partial charge is 0.409 e. The van der Waals surface area contributed by atoms with Crippen LogP contribution in [0, 0.1) is 0 Å². The summed E-state index contributed by atoms with van der Waals surface area (Å²) < 4.78 is 0. The summed E-state index contributed by atoms with van der Waals surface area (Å²) >= 11 is 0. The number of nitrogens with two attached hydrogens (primary N) is 1. The van der Waals surface area contributed by atoms with Crippen molar-refractivity contribution in [3.8, 4) is 0 Å². The number of aromatic nitrogens is 1. The summed E-state index contributed by atoms with van der Waals surface area (Å²) in [6.45, 7) is 7.20. The average molecular weight is 289 g/mol. The predicted octanol–water partition coefficient (Wildman–Crippen LogP) is 0.807. The lowest BCUT2D eigenvalue weighted by molar-refractivity contribution is 0.270. The van der Waals surface area contributed by atoms with Gasteiger partial charge in [0.25, 0.3) is 0 Å². The summed E-state index contributed by atoms with van der Waals surface area (Å²) in [4.78, 5) is 9.52. The van der Waals surface area contributed by atoms with Crippen molar-refractivity contribution in [2.45, 2.75) is 26.2 Å². The van der Waals surface area contributed by atoms with Crippen molar-refractivity contribution in [3.05, 3.63) is 22.9 Å². The fourth-order valence-corrected chi connectivity index (χ4v) is 3.22. The molecule has 1 aromatic rings. The zero-order valence-electron chi connectivity index (χ0n) is 12.5. The summed E-state index contributed by atoms with van der Waals surface area (Å²) in [6, 6.07) is 2.06. The molecule has 3 N–H and O–H groups in total. The molecule has 0 aromatic carbocycles. The van der Waals surface area contributed by atoms with E-state index in [1.165, 1.54) is 11.3 Å². The zero-order valence-corrected chi connectivity index (χ0v) is 12.5. The zero-order chi connectivity index (χ0) is 14.8. The number of anilines is 1. The Morgan fingerprint density at radius 2 is 2.10 bits per heavy atom. The van der Waals surface area contributed by atoms with Gasteiger partial charge in [0, 0.05) is 31.9 Å². The molecule has 3 rings (SSSR count). The van der Waals surface area contributed by atoms with Gasteiger partial charge >= 0.3 is 0 Å². The molecule has 0 amide bonds. The molecule has 2 heterocycles. The van der Waals surface area contributed by atoms with E-state index >= 15 is 0 Å². The van der Waals surface area contributed by atoms with E-state index < -0.39 is 0 Å². The molecular weight excluding hydrogens is 266 g/mol. The van der Waals surface area contributed by atoms with E-state index in [1.54, 1.807) is 0 Å². The Kier molecular flexibility index (Phi) is 3.96. The van der Waals surface area contributed by atoms with Gasteiger partial charge in [-0.05, 0) is 37.4 Å². The Labute approximate surface area is 125 Å². The van der Waals surface area contributed by atoms with Crippen LogP contribution in [0.2, 0.25) is 0 Å². The second kappa shape index (κ2) is 5.89. The van der Waals surface area contributed by atoms with Crippen molar-refractivity contribution in [2.75, 3.05) is 37.6 Å². The fraction of sp³-hybridized carbons (Fsp3) is 0.600. The highest BCUT2D eigenvalue weighted by molar-refractivity contribution is 6.01. The van der Waals surface area contributed by atoms with Crippen molar-refractivity contribution in [1.29, 1.82) is 0 Å². The number of hydrogen-bond acceptors (Lipinski definition) is 5. The third-order valence-corrected chi connectivity index (χ3v) is 4.53. The highest BCUT2D eigenvalue weighted by Gasteiger charge is 2.24.